The molecule has 0 spiro atoms. The standard InChI is InChI=1S/C24H25F2N5O/c1-2-27-24(28-11-9-17-14-30-22-8-7-19(26)13-21(17)22)29-12-10-20-15-32-23(31-20)16-3-5-18(25)6-4-16/h3-8,13-15,30H,2,9-12H2,1H3,(H2,27,28,29). The smallest absolute Gasteiger partial charge is 0.226 e. The van der Waals surface area contributed by atoms with Gasteiger partial charge >= 0.3 is 0 Å². The number of benzene rings is 2. The third-order valence-corrected chi connectivity index (χ3v) is 5.04. The monoisotopic (exact) mass is 437 g/mol. The number of nitrogens with zero attached hydrogens (tertiary/aromatic N) is 2. The first-order chi connectivity index (χ1) is 15.6. The number of H-pyrrole nitrogens is 1. The van der Waals surface area contributed by atoms with Crippen LogP contribution in [-0.2, 0) is 12.8 Å². The van der Waals surface area contributed by atoms with E-state index in [2.05, 4.69) is 25.6 Å². The molecule has 0 aliphatic rings. The van der Waals surface area contributed by atoms with Gasteiger partial charge in [0.25, 0.3) is 0 Å². The highest BCUT2D eigenvalue weighted by atomic mass is 19.1. The zero-order valence-corrected chi connectivity index (χ0v) is 17.8. The summed E-state index contributed by atoms with van der Waals surface area (Å²) in [4.78, 5) is 12.2. The van der Waals surface area contributed by atoms with Gasteiger partial charge in [0.1, 0.15) is 17.9 Å². The topological polar surface area (TPSA) is 78.2 Å². The summed E-state index contributed by atoms with van der Waals surface area (Å²) in [7, 11) is 0. The van der Waals surface area contributed by atoms with Crippen molar-refractivity contribution in [3.63, 3.8) is 0 Å². The summed E-state index contributed by atoms with van der Waals surface area (Å²) in [5, 5.41) is 7.44. The predicted molar refractivity (Wildman–Crippen MR) is 122 cm³/mol. The molecule has 6 nitrogen and oxygen atoms in total. The molecule has 0 saturated carbocycles. The van der Waals surface area contributed by atoms with E-state index in [1.165, 1.54) is 18.2 Å². The fourth-order valence-electron chi connectivity index (χ4n) is 3.44. The second-order valence-electron chi connectivity index (χ2n) is 7.34. The fraction of sp³-hybridized carbons (Fsp3) is 0.250. The van der Waals surface area contributed by atoms with Gasteiger partial charge in [-0.3, -0.25) is 4.99 Å². The van der Waals surface area contributed by atoms with Crippen LogP contribution in [-0.4, -0.2) is 35.6 Å². The van der Waals surface area contributed by atoms with Gasteiger partial charge < -0.3 is 20.0 Å². The van der Waals surface area contributed by atoms with Crippen LogP contribution in [0.25, 0.3) is 22.4 Å². The number of oxazole rings is 1. The molecule has 0 fully saturated rings. The van der Waals surface area contributed by atoms with Crippen molar-refractivity contribution < 1.29 is 13.2 Å². The van der Waals surface area contributed by atoms with E-state index in [0.29, 0.717) is 31.4 Å². The number of halogens is 2. The first-order valence-corrected chi connectivity index (χ1v) is 10.6. The van der Waals surface area contributed by atoms with Crippen molar-refractivity contribution in [2.75, 3.05) is 19.6 Å². The molecule has 0 aliphatic heterocycles. The Labute approximate surface area is 184 Å². The Hall–Kier alpha value is -3.68. The molecular weight excluding hydrogens is 412 g/mol. The van der Waals surface area contributed by atoms with Crippen molar-refractivity contribution in [3.8, 4) is 11.5 Å². The summed E-state index contributed by atoms with van der Waals surface area (Å²) in [5.74, 6) is 0.636. The number of aliphatic imine (C=N–C) groups is 1. The summed E-state index contributed by atoms with van der Waals surface area (Å²) in [6.07, 6.45) is 4.87. The van der Waals surface area contributed by atoms with Gasteiger partial charge in [0.2, 0.25) is 5.89 Å². The van der Waals surface area contributed by atoms with Gasteiger partial charge in [-0.2, -0.15) is 0 Å². The third kappa shape index (κ3) is 5.32. The molecule has 166 valence electrons. The van der Waals surface area contributed by atoms with Gasteiger partial charge in [-0.25, -0.2) is 13.8 Å². The number of nitrogens with one attached hydrogen (secondary N) is 3. The molecule has 0 aliphatic carbocycles. The van der Waals surface area contributed by atoms with E-state index in [1.807, 2.05) is 13.1 Å². The maximum atomic E-state index is 13.6. The molecule has 0 bridgehead atoms. The summed E-state index contributed by atoms with van der Waals surface area (Å²) in [5.41, 5.74) is 3.49. The van der Waals surface area contributed by atoms with Crippen LogP contribution in [0.3, 0.4) is 0 Å². The van der Waals surface area contributed by atoms with Crippen molar-refractivity contribution >= 4 is 16.9 Å². The summed E-state index contributed by atoms with van der Waals surface area (Å²) in [6.45, 7) is 3.94. The van der Waals surface area contributed by atoms with Gasteiger partial charge in [-0.1, -0.05) is 0 Å². The van der Waals surface area contributed by atoms with Crippen molar-refractivity contribution in [2.24, 2.45) is 4.99 Å². The second kappa shape index (κ2) is 10.1. The lowest BCUT2D eigenvalue weighted by Crippen LogP contribution is -2.38. The van der Waals surface area contributed by atoms with E-state index < -0.39 is 0 Å². The minimum Gasteiger partial charge on any atom is -0.444 e. The molecule has 0 amide bonds. The number of guanidine groups is 1. The predicted octanol–water partition coefficient (Wildman–Crippen LogP) is 4.44. The average Bonchev–Trinajstić information content (AvgIpc) is 3.41. The Morgan fingerprint density at radius 1 is 1.06 bits per heavy atom. The van der Waals surface area contributed by atoms with Crippen LogP contribution in [0.5, 0.6) is 0 Å². The Kier molecular flexibility index (Phi) is 6.79. The lowest BCUT2D eigenvalue weighted by Gasteiger charge is -2.11. The van der Waals surface area contributed by atoms with Crippen LogP contribution >= 0.6 is 0 Å². The molecule has 0 atom stereocenters. The zero-order chi connectivity index (χ0) is 22.3. The number of hydrogen-bond donors (Lipinski definition) is 3. The molecule has 0 radical (unpaired) electrons. The maximum absolute atomic E-state index is 13.6. The van der Waals surface area contributed by atoms with Gasteiger partial charge in [0.15, 0.2) is 5.96 Å². The van der Waals surface area contributed by atoms with Gasteiger partial charge in [-0.15, -0.1) is 0 Å². The van der Waals surface area contributed by atoms with Crippen LogP contribution in [0.1, 0.15) is 18.2 Å². The highest BCUT2D eigenvalue weighted by Crippen LogP contribution is 2.20. The largest absolute Gasteiger partial charge is 0.444 e. The second-order valence-corrected chi connectivity index (χ2v) is 7.34. The Morgan fingerprint density at radius 2 is 1.88 bits per heavy atom. The molecule has 2 aromatic carbocycles. The normalized spacial score (nSPS) is 11.8. The SMILES string of the molecule is CCNC(=NCCc1coc(-c2ccc(F)cc2)n1)NCCc1c[nH]c2ccc(F)cc12. The minimum absolute atomic E-state index is 0.239. The van der Waals surface area contributed by atoms with E-state index in [4.69, 9.17) is 4.42 Å². The Balaban J connectivity index is 1.31. The molecule has 2 aromatic heterocycles. The van der Waals surface area contributed by atoms with Crippen molar-refractivity contribution in [1.29, 1.82) is 0 Å². The molecule has 32 heavy (non-hydrogen) atoms. The number of fused-ring (bicyclic) bond motifs is 1. The first kappa shape index (κ1) is 21.5. The first-order valence-electron chi connectivity index (χ1n) is 10.6. The molecule has 3 N–H and O–H groups in total. The highest BCUT2D eigenvalue weighted by Gasteiger charge is 2.08. The van der Waals surface area contributed by atoms with Crippen LogP contribution in [0.15, 0.2) is 64.3 Å². The van der Waals surface area contributed by atoms with Gasteiger partial charge in [0.05, 0.1) is 5.69 Å². The number of aromatic amines is 1. The minimum atomic E-state index is -0.296. The number of hydrogen-bond acceptors (Lipinski definition) is 3. The van der Waals surface area contributed by atoms with E-state index >= 15 is 0 Å². The maximum Gasteiger partial charge on any atom is 0.226 e. The van der Waals surface area contributed by atoms with Crippen LogP contribution < -0.4 is 10.6 Å². The molecule has 0 unspecified atom stereocenters. The van der Waals surface area contributed by atoms with Crippen molar-refractivity contribution in [3.05, 3.63) is 77.8 Å². The molecular formula is C24H25F2N5O. The quantitative estimate of drug-likeness (QED) is 0.281. The molecule has 4 aromatic rings. The van der Waals surface area contributed by atoms with E-state index in [1.54, 1.807) is 30.5 Å². The van der Waals surface area contributed by atoms with Gasteiger partial charge in [-0.05, 0) is 61.4 Å². The third-order valence-electron chi connectivity index (χ3n) is 5.04. The lowest BCUT2D eigenvalue weighted by atomic mass is 10.1. The molecule has 2 heterocycles. The Bertz CT molecular complexity index is 1200. The van der Waals surface area contributed by atoms with Crippen LogP contribution in [0, 0.1) is 11.6 Å². The van der Waals surface area contributed by atoms with Crippen molar-refractivity contribution in [1.82, 2.24) is 20.6 Å². The Morgan fingerprint density at radius 3 is 2.69 bits per heavy atom. The summed E-state index contributed by atoms with van der Waals surface area (Å²) in [6, 6.07) is 10.8. The summed E-state index contributed by atoms with van der Waals surface area (Å²) >= 11 is 0. The van der Waals surface area contributed by atoms with Gasteiger partial charge in [0, 0.05) is 48.7 Å². The van der Waals surface area contributed by atoms with Crippen molar-refractivity contribution in [2.45, 2.75) is 19.8 Å². The van der Waals surface area contributed by atoms with E-state index in [9.17, 15) is 8.78 Å². The number of aromatic nitrogens is 2. The number of rotatable bonds is 8. The van der Waals surface area contributed by atoms with Crippen LogP contribution in [0.2, 0.25) is 0 Å². The molecule has 0 saturated heterocycles. The van der Waals surface area contributed by atoms with E-state index in [0.717, 1.165) is 40.7 Å². The van der Waals surface area contributed by atoms with E-state index in [-0.39, 0.29) is 11.6 Å². The average molecular weight is 437 g/mol. The highest BCUT2D eigenvalue weighted by molar-refractivity contribution is 5.83. The van der Waals surface area contributed by atoms with Crippen LogP contribution in [0.4, 0.5) is 8.78 Å². The lowest BCUT2D eigenvalue weighted by molar-refractivity contribution is 0.572. The fourth-order valence-corrected chi connectivity index (χ4v) is 3.44. The zero-order valence-electron chi connectivity index (χ0n) is 17.8. The summed E-state index contributed by atoms with van der Waals surface area (Å²) < 4.78 is 32.1. The molecule has 8 heteroatoms. The molecule has 4 rings (SSSR count).